The molecule has 1 aromatic rings. The molecule has 0 aromatic carbocycles. The van der Waals surface area contributed by atoms with Gasteiger partial charge in [-0.05, 0) is 58.6 Å². The van der Waals surface area contributed by atoms with Gasteiger partial charge < -0.3 is 15.0 Å². The van der Waals surface area contributed by atoms with Crippen molar-refractivity contribution in [2.75, 3.05) is 7.05 Å². The Hall–Kier alpha value is -0.780. The van der Waals surface area contributed by atoms with E-state index in [2.05, 4.69) is 11.4 Å². The molecule has 0 bridgehead atoms. The first-order chi connectivity index (χ1) is 10.7. The van der Waals surface area contributed by atoms with Gasteiger partial charge in [0.25, 0.3) is 0 Å². The molecule has 0 radical (unpaired) electrons. The predicted octanol–water partition coefficient (Wildman–Crippen LogP) is 4.67. The van der Waals surface area contributed by atoms with Crippen LogP contribution in [0.3, 0.4) is 0 Å². The van der Waals surface area contributed by atoms with Crippen molar-refractivity contribution in [2.45, 2.75) is 70.7 Å². The van der Waals surface area contributed by atoms with Crippen molar-refractivity contribution in [3.05, 3.63) is 21.3 Å². The van der Waals surface area contributed by atoms with Gasteiger partial charge in [-0.3, -0.25) is 0 Å². The summed E-state index contributed by atoms with van der Waals surface area (Å²) in [6.45, 7) is 6.57. The lowest BCUT2D eigenvalue weighted by Crippen LogP contribution is -2.44. The molecule has 0 atom stereocenters. The van der Waals surface area contributed by atoms with Crippen LogP contribution in [0.2, 0.25) is 4.34 Å². The second-order valence-corrected chi connectivity index (χ2v) is 8.98. The highest BCUT2D eigenvalue weighted by Gasteiger charge is 2.29. The number of ether oxygens (including phenoxy) is 1. The van der Waals surface area contributed by atoms with Crippen LogP contribution in [0.5, 0.6) is 0 Å². The molecule has 6 heteroatoms. The summed E-state index contributed by atoms with van der Waals surface area (Å²) >= 11 is 7.58. The minimum atomic E-state index is -0.438. The third kappa shape index (κ3) is 5.98. The maximum Gasteiger partial charge on any atom is 0.410 e. The second-order valence-electron chi connectivity index (χ2n) is 7.18. The first-order valence-corrected chi connectivity index (χ1v) is 9.37. The van der Waals surface area contributed by atoms with Gasteiger partial charge in [0.05, 0.1) is 4.34 Å². The average Bonchev–Trinajstić information content (AvgIpc) is 2.89. The zero-order valence-electron chi connectivity index (χ0n) is 14.4. The lowest BCUT2D eigenvalue weighted by Gasteiger charge is -2.35. The second kappa shape index (κ2) is 7.86. The highest BCUT2D eigenvalue weighted by Crippen LogP contribution is 2.25. The molecular formula is C17H27ClN2O2S. The van der Waals surface area contributed by atoms with Gasteiger partial charge in [0.1, 0.15) is 5.60 Å². The molecule has 130 valence electrons. The molecule has 1 saturated carbocycles. The zero-order chi connectivity index (χ0) is 17.0. The molecule has 0 saturated heterocycles. The van der Waals surface area contributed by atoms with Crippen LogP contribution in [0.1, 0.15) is 51.3 Å². The van der Waals surface area contributed by atoms with Crippen LogP contribution in [0.15, 0.2) is 12.1 Å². The number of halogens is 1. The van der Waals surface area contributed by atoms with Crippen LogP contribution in [0, 0.1) is 0 Å². The first-order valence-electron chi connectivity index (χ1n) is 8.18. The van der Waals surface area contributed by atoms with E-state index in [-0.39, 0.29) is 12.1 Å². The van der Waals surface area contributed by atoms with Gasteiger partial charge in [-0.2, -0.15) is 0 Å². The number of nitrogens with zero attached hydrogens (tertiary/aromatic N) is 1. The molecule has 1 fully saturated rings. The zero-order valence-corrected chi connectivity index (χ0v) is 16.0. The Labute approximate surface area is 148 Å². The molecule has 1 aromatic heterocycles. The molecule has 0 aliphatic heterocycles. The lowest BCUT2D eigenvalue weighted by atomic mass is 9.90. The molecule has 1 N–H and O–H groups in total. The van der Waals surface area contributed by atoms with Crippen molar-refractivity contribution >= 4 is 29.0 Å². The van der Waals surface area contributed by atoms with E-state index < -0.39 is 5.60 Å². The van der Waals surface area contributed by atoms with E-state index in [1.165, 1.54) is 4.88 Å². The number of carbonyl (C=O) groups excluding carboxylic acids is 1. The minimum absolute atomic E-state index is 0.220. The molecular weight excluding hydrogens is 332 g/mol. The topological polar surface area (TPSA) is 41.6 Å². The van der Waals surface area contributed by atoms with E-state index in [1.807, 2.05) is 33.9 Å². The Bertz CT molecular complexity index is 519. The number of carbonyl (C=O) groups is 1. The standard InChI is InChI=1S/C17H27ClN2O2S/c1-17(2,3)22-16(21)20(4)13-7-5-12(6-8-13)19-11-14-9-10-15(18)23-14/h9-10,12-13,19H,5-8,11H2,1-4H3. The molecule has 1 aliphatic carbocycles. The van der Waals surface area contributed by atoms with E-state index in [1.54, 1.807) is 16.2 Å². The van der Waals surface area contributed by atoms with Crippen LogP contribution < -0.4 is 5.32 Å². The minimum Gasteiger partial charge on any atom is -0.444 e. The summed E-state index contributed by atoms with van der Waals surface area (Å²) < 4.78 is 6.28. The summed E-state index contributed by atoms with van der Waals surface area (Å²) in [5.41, 5.74) is -0.438. The maximum atomic E-state index is 12.1. The Balaban J connectivity index is 1.73. The first kappa shape index (κ1) is 18.6. The lowest BCUT2D eigenvalue weighted by molar-refractivity contribution is 0.0179. The molecule has 1 heterocycles. The smallest absolute Gasteiger partial charge is 0.410 e. The number of hydrogen-bond acceptors (Lipinski definition) is 4. The van der Waals surface area contributed by atoms with Crippen molar-refractivity contribution in [2.24, 2.45) is 0 Å². The Morgan fingerprint density at radius 1 is 1.35 bits per heavy atom. The fraction of sp³-hybridized carbons (Fsp3) is 0.706. The van der Waals surface area contributed by atoms with Crippen LogP contribution in [0.25, 0.3) is 0 Å². The van der Waals surface area contributed by atoms with Gasteiger partial charge >= 0.3 is 6.09 Å². The fourth-order valence-corrected chi connectivity index (χ4v) is 3.88. The number of amides is 1. The molecule has 4 nitrogen and oxygen atoms in total. The van der Waals surface area contributed by atoms with Crippen LogP contribution >= 0.6 is 22.9 Å². The Kier molecular flexibility index (Phi) is 6.34. The number of rotatable bonds is 4. The Morgan fingerprint density at radius 3 is 2.52 bits per heavy atom. The third-order valence-electron chi connectivity index (χ3n) is 4.12. The molecule has 2 rings (SSSR count). The summed E-state index contributed by atoms with van der Waals surface area (Å²) in [6.07, 6.45) is 3.97. The van der Waals surface area contributed by atoms with Gasteiger partial charge in [0, 0.05) is 30.6 Å². The van der Waals surface area contributed by atoms with Gasteiger partial charge in [0.15, 0.2) is 0 Å². The highest BCUT2D eigenvalue weighted by atomic mass is 35.5. The van der Waals surface area contributed by atoms with Crippen molar-refractivity contribution in [3.8, 4) is 0 Å². The van der Waals surface area contributed by atoms with E-state index in [9.17, 15) is 4.79 Å². The molecule has 0 unspecified atom stereocenters. The van der Waals surface area contributed by atoms with E-state index in [0.29, 0.717) is 6.04 Å². The molecule has 1 aliphatic rings. The van der Waals surface area contributed by atoms with Crippen molar-refractivity contribution in [3.63, 3.8) is 0 Å². The van der Waals surface area contributed by atoms with E-state index >= 15 is 0 Å². The quantitative estimate of drug-likeness (QED) is 0.850. The van der Waals surface area contributed by atoms with Gasteiger partial charge in [-0.1, -0.05) is 11.6 Å². The van der Waals surface area contributed by atoms with Crippen LogP contribution in [-0.2, 0) is 11.3 Å². The highest BCUT2D eigenvalue weighted by molar-refractivity contribution is 7.16. The number of hydrogen-bond donors (Lipinski definition) is 1. The summed E-state index contributed by atoms with van der Waals surface area (Å²) in [5.74, 6) is 0. The van der Waals surface area contributed by atoms with Crippen molar-refractivity contribution in [1.82, 2.24) is 10.2 Å². The normalized spacial score (nSPS) is 22.0. The average molecular weight is 359 g/mol. The van der Waals surface area contributed by atoms with Crippen molar-refractivity contribution in [1.29, 1.82) is 0 Å². The summed E-state index contributed by atoms with van der Waals surface area (Å²) in [5, 5.41) is 3.60. The monoisotopic (exact) mass is 358 g/mol. The van der Waals surface area contributed by atoms with E-state index in [0.717, 1.165) is 36.6 Å². The SMILES string of the molecule is CN(C(=O)OC(C)(C)C)C1CCC(NCc2ccc(Cl)s2)CC1. The van der Waals surface area contributed by atoms with Gasteiger partial charge in [0.2, 0.25) is 0 Å². The largest absolute Gasteiger partial charge is 0.444 e. The Morgan fingerprint density at radius 2 is 2.00 bits per heavy atom. The van der Waals surface area contributed by atoms with Crippen molar-refractivity contribution < 1.29 is 9.53 Å². The number of nitrogens with one attached hydrogen (secondary N) is 1. The van der Waals surface area contributed by atoms with Gasteiger partial charge in [-0.15, -0.1) is 11.3 Å². The molecule has 1 amide bonds. The summed E-state index contributed by atoms with van der Waals surface area (Å²) in [7, 11) is 1.85. The van der Waals surface area contributed by atoms with Crippen LogP contribution in [-0.4, -0.2) is 35.7 Å². The molecule has 23 heavy (non-hydrogen) atoms. The van der Waals surface area contributed by atoms with E-state index in [4.69, 9.17) is 16.3 Å². The summed E-state index contributed by atoms with van der Waals surface area (Å²) in [4.78, 5) is 15.2. The molecule has 0 spiro atoms. The van der Waals surface area contributed by atoms with Gasteiger partial charge in [-0.25, -0.2) is 4.79 Å². The third-order valence-corrected chi connectivity index (χ3v) is 5.35. The number of thiophene rings is 1. The predicted molar refractivity (Wildman–Crippen MR) is 96.2 cm³/mol. The maximum absolute atomic E-state index is 12.1. The summed E-state index contributed by atoms with van der Waals surface area (Å²) in [6, 6.07) is 4.80. The van der Waals surface area contributed by atoms with Crippen LogP contribution in [0.4, 0.5) is 4.79 Å². The fourth-order valence-electron chi connectivity index (χ4n) is 2.84.